The van der Waals surface area contributed by atoms with E-state index in [1.807, 2.05) is 18.2 Å². The lowest BCUT2D eigenvalue weighted by molar-refractivity contribution is 0.158. The highest BCUT2D eigenvalue weighted by molar-refractivity contribution is 9.11. The fourth-order valence-corrected chi connectivity index (χ4v) is 5.12. The fourth-order valence-electron chi connectivity index (χ4n) is 3.64. The Morgan fingerprint density at radius 3 is 2.85 bits per heavy atom. The Hall–Kier alpha value is -1.24. The highest BCUT2D eigenvalue weighted by Gasteiger charge is 2.23. The maximum Gasteiger partial charge on any atom is 0.231 e. The molecule has 0 spiro atoms. The minimum atomic E-state index is -0.00177. The number of thiophene rings is 1. The molecule has 1 aromatic heterocycles. The van der Waals surface area contributed by atoms with Crippen LogP contribution >= 0.6 is 27.3 Å². The molecule has 2 aromatic rings. The third-order valence-electron chi connectivity index (χ3n) is 4.99. The zero-order valence-electron chi connectivity index (χ0n) is 14.7. The van der Waals surface area contributed by atoms with E-state index in [1.54, 1.807) is 11.3 Å². The van der Waals surface area contributed by atoms with Crippen molar-refractivity contribution in [3.05, 3.63) is 39.0 Å². The second-order valence-electron chi connectivity index (χ2n) is 6.82. The van der Waals surface area contributed by atoms with Gasteiger partial charge in [0, 0.05) is 17.3 Å². The Balaban J connectivity index is 1.44. The van der Waals surface area contributed by atoms with Gasteiger partial charge >= 0.3 is 0 Å². The van der Waals surface area contributed by atoms with Crippen molar-refractivity contribution in [2.24, 2.45) is 0 Å². The summed E-state index contributed by atoms with van der Waals surface area (Å²) in [7, 11) is 0. The Bertz CT molecular complexity index is 730. The average Bonchev–Trinajstić information content (AvgIpc) is 3.31. The van der Waals surface area contributed by atoms with Crippen molar-refractivity contribution in [1.82, 2.24) is 5.32 Å². The van der Waals surface area contributed by atoms with Gasteiger partial charge in [-0.3, -0.25) is 0 Å². The normalized spacial score (nSPS) is 18.0. The number of hydrogen-bond acceptors (Lipinski definition) is 5. The quantitative estimate of drug-likeness (QED) is 0.605. The summed E-state index contributed by atoms with van der Waals surface area (Å²) in [5.41, 5.74) is 0. The van der Waals surface area contributed by atoms with E-state index in [-0.39, 0.29) is 12.9 Å². The van der Waals surface area contributed by atoms with E-state index >= 15 is 0 Å². The summed E-state index contributed by atoms with van der Waals surface area (Å²) in [6, 6.07) is 10.7. The van der Waals surface area contributed by atoms with E-state index in [2.05, 4.69) is 33.4 Å². The summed E-state index contributed by atoms with van der Waals surface area (Å²) >= 11 is 5.30. The van der Waals surface area contributed by atoms with Crippen LogP contribution in [0.4, 0.5) is 0 Å². The predicted molar refractivity (Wildman–Crippen MR) is 107 cm³/mol. The molecule has 4 rings (SSSR count). The van der Waals surface area contributed by atoms with Gasteiger partial charge in [-0.15, -0.1) is 11.3 Å². The summed E-state index contributed by atoms with van der Waals surface area (Å²) < 4.78 is 18.6. The van der Waals surface area contributed by atoms with Crippen LogP contribution in [0.3, 0.4) is 0 Å². The third-order valence-corrected chi connectivity index (χ3v) is 6.70. The molecule has 2 heterocycles. The molecular weight excluding hydrogens is 414 g/mol. The van der Waals surface area contributed by atoms with Crippen LogP contribution < -0.4 is 19.5 Å². The number of fused-ring (bicyclic) bond motifs is 1. The number of para-hydroxylation sites is 1. The summed E-state index contributed by atoms with van der Waals surface area (Å²) in [6.45, 7) is 1.21. The van der Waals surface area contributed by atoms with Crippen molar-refractivity contribution in [2.45, 2.75) is 50.7 Å². The summed E-state index contributed by atoms with van der Waals surface area (Å²) in [6.07, 6.45) is 7.60. The molecule has 0 radical (unpaired) electrons. The summed E-state index contributed by atoms with van der Waals surface area (Å²) in [5.74, 6) is 2.23. The first-order valence-corrected chi connectivity index (χ1v) is 10.9. The van der Waals surface area contributed by atoms with Gasteiger partial charge in [0.15, 0.2) is 11.5 Å². The highest BCUT2D eigenvalue weighted by Crippen LogP contribution is 2.43. The maximum atomic E-state index is 6.39. The molecule has 1 aliphatic heterocycles. The topological polar surface area (TPSA) is 39.7 Å². The number of rotatable bonds is 7. The zero-order chi connectivity index (χ0) is 17.8. The zero-order valence-corrected chi connectivity index (χ0v) is 17.1. The van der Waals surface area contributed by atoms with Gasteiger partial charge in [0.1, 0.15) is 6.10 Å². The molecule has 1 N–H and O–H groups in total. The van der Waals surface area contributed by atoms with Crippen LogP contribution in [0.15, 0.2) is 34.1 Å². The molecule has 0 bridgehead atoms. The second-order valence-corrected chi connectivity index (χ2v) is 9.31. The average molecular weight is 438 g/mol. The first-order chi connectivity index (χ1) is 12.8. The molecule has 0 amide bonds. The van der Waals surface area contributed by atoms with Gasteiger partial charge in [-0.2, -0.15) is 0 Å². The van der Waals surface area contributed by atoms with Gasteiger partial charge in [-0.05, 0) is 59.6 Å². The molecule has 0 saturated heterocycles. The first kappa shape index (κ1) is 18.1. The van der Waals surface area contributed by atoms with E-state index in [4.69, 9.17) is 14.2 Å². The monoisotopic (exact) mass is 437 g/mol. The molecular formula is C20H24BrNO3S. The van der Waals surface area contributed by atoms with Crippen molar-refractivity contribution >= 4 is 27.3 Å². The molecule has 0 unspecified atom stereocenters. The molecule has 1 fully saturated rings. The van der Waals surface area contributed by atoms with Crippen molar-refractivity contribution in [1.29, 1.82) is 0 Å². The van der Waals surface area contributed by atoms with Gasteiger partial charge in [-0.1, -0.05) is 25.3 Å². The lowest BCUT2D eigenvalue weighted by atomic mass is 9.95. The van der Waals surface area contributed by atoms with Crippen LogP contribution in [-0.2, 0) is 0 Å². The lowest BCUT2D eigenvalue weighted by Gasteiger charge is -2.24. The van der Waals surface area contributed by atoms with Crippen molar-refractivity contribution in [3.63, 3.8) is 0 Å². The van der Waals surface area contributed by atoms with E-state index in [9.17, 15) is 0 Å². The number of nitrogens with one attached hydrogen (secondary N) is 1. The van der Waals surface area contributed by atoms with E-state index < -0.39 is 0 Å². The first-order valence-electron chi connectivity index (χ1n) is 9.33. The van der Waals surface area contributed by atoms with E-state index in [1.165, 1.54) is 37.0 Å². The number of benzene rings is 1. The molecule has 1 aromatic carbocycles. The Labute approximate surface area is 167 Å². The third kappa shape index (κ3) is 4.35. The number of ether oxygens (including phenoxy) is 3. The Morgan fingerprint density at radius 2 is 2.04 bits per heavy atom. The molecule has 1 atom stereocenters. The number of halogens is 1. The molecule has 2 aliphatic rings. The van der Waals surface area contributed by atoms with Crippen molar-refractivity contribution < 1.29 is 14.2 Å². The minimum absolute atomic E-state index is 0.00177. The lowest BCUT2D eigenvalue weighted by Crippen LogP contribution is -2.32. The largest absolute Gasteiger partial charge is 0.481 e. The smallest absolute Gasteiger partial charge is 0.231 e. The predicted octanol–water partition coefficient (Wildman–Crippen LogP) is 5.67. The van der Waals surface area contributed by atoms with Crippen LogP contribution in [-0.4, -0.2) is 19.4 Å². The van der Waals surface area contributed by atoms with Crippen LogP contribution in [0.5, 0.6) is 17.2 Å². The second kappa shape index (κ2) is 8.63. The van der Waals surface area contributed by atoms with Crippen LogP contribution in [0.2, 0.25) is 0 Å². The van der Waals surface area contributed by atoms with E-state index in [0.29, 0.717) is 11.8 Å². The number of hydrogen-bond donors (Lipinski definition) is 1. The summed E-state index contributed by atoms with van der Waals surface area (Å²) in [4.78, 5) is 1.22. The molecule has 4 nitrogen and oxygen atoms in total. The minimum Gasteiger partial charge on any atom is -0.481 e. The van der Waals surface area contributed by atoms with E-state index in [0.717, 1.165) is 28.3 Å². The standard InChI is InChI=1S/C20H24BrNO3S/c21-19-10-9-18(26-19)15(11-12-22-14-5-2-1-3-6-14)25-17-8-4-7-16-20(17)24-13-23-16/h4,7-10,14-15,22H,1-3,5-6,11-13H2/t15-/m0/s1. The molecule has 140 valence electrons. The van der Waals surface area contributed by atoms with Gasteiger partial charge in [0.2, 0.25) is 12.5 Å². The molecule has 6 heteroatoms. The molecule has 1 aliphatic carbocycles. The SMILES string of the molecule is Brc1ccc([C@H](CCNC2CCCCC2)Oc2cccc3c2OCO3)s1. The van der Waals surface area contributed by atoms with Crippen LogP contribution in [0.1, 0.15) is 49.5 Å². The molecule has 26 heavy (non-hydrogen) atoms. The van der Waals surface area contributed by atoms with Gasteiger partial charge < -0.3 is 19.5 Å². The van der Waals surface area contributed by atoms with Gasteiger partial charge in [0.25, 0.3) is 0 Å². The van der Waals surface area contributed by atoms with Crippen molar-refractivity contribution in [2.75, 3.05) is 13.3 Å². The highest BCUT2D eigenvalue weighted by atomic mass is 79.9. The fraction of sp³-hybridized carbons (Fsp3) is 0.500. The van der Waals surface area contributed by atoms with Gasteiger partial charge in [0.05, 0.1) is 3.79 Å². The van der Waals surface area contributed by atoms with Crippen LogP contribution in [0, 0.1) is 0 Å². The molecule has 1 saturated carbocycles. The Kier molecular flexibility index (Phi) is 6.02. The van der Waals surface area contributed by atoms with Crippen molar-refractivity contribution in [3.8, 4) is 17.2 Å². The summed E-state index contributed by atoms with van der Waals surface area (Å²) in [5, 5.41) is 3.72. The maximum absolute atomic E-state index is 6.39. The van der Waals surface area contributed by atoms with Crippen LogP contribution in [0.25, 0.3) is 0 Å². The van der Waals surface area contributed by atoms with Gasteiger partial charge in [-0.25, -0.2) is 0 Å². The Morgan fingerprint density at radius 1 is 1.15 bits per heavy atom.